The molecule has 0 fully saturated rings. The fourth-order valence-corrected chi connectivity index (χ4v) is 2.13. The van der Waals surface area contributed by atoms with Crippen molar-refractivity contribution in [3.63, 3.8) is 0 Å². The molecule has 3 rings (SSSR count). The Morgan fingerprint density at radius 3 is 2.55 bits per heavy atom. The molecule has 3 nitrogen and oxygen atoms in total. The molecular formula is C17H13N3. The zero-order valence-corrected chi connectivity index (χ0v) is 11.1. The first-order valence-corrected chi connectivity index (χ1v) is 6.38. The van der Waals surface area contributed by atoms with Crippen LogP contribution in [0.5, 0.6) is 0 Å². The molecule has 0 bridgehead atoms. The third kappa shape index (κ3) is 2.32. The first-order valence-electron chi connectivity index (χ1n) is 6.38. The molecule has 1 heterocycles. The molecule has 2 aromatic carbocycles. The number of hydrogen-bond donors (Lipinski definition) is 0. The molecular weight excluding hydrogens is 246 g/mol. The van der Waals surface area contributed by atoms with Crippen molar-refractivity contribution in [2.24, 2.45) is 0 Å². The second kappa shape index (κ2) is 5.02. The van der Waals surface area contributed by atoms with Crippen LogP contribution in [0, 0.1) is 18.3 Å². The molecule has 3 heteroatoms. The van der Waals surface area contributed by atoms with Gasteiger partial charge < -0.3 is 0 Å². The highest BCUT2D eigenvalue weighted by Gasteiger charge is 2.03. The van der Waals surface area contributed by atoms with Gasteiger partial charge in [-0.1, -0.05) is 29.8 Å². The van der Waals surface area contributed by atoms with Crippen molar-refractivity contribution >= 4 is 0 Å². The molecule has 0 N–H and O–H groups in total. The molecule has 0 spiro atoms. The lowest BCUT2D eigenvalue weighted by molar-refractivity contribution is 0.880. The lowest BCUT2D eigenvalue weighted by Gasteiger charge is -2.01. The summed E-state index contributed by atoms with van der Waals surface area (Å²) in [6, 6.07) is 17.8. The average Bonchev–Trinajstić information content (AvgIpc) is 2.97. The number of aryl methyl sites for hydroxylation is 1. The zero-order chi connectivity index (χ0) is 13.9. The molecule has 0 aliphatic rings. The topological polar surface area (TPSA) is 41.6 Å². The number of nitrogens with zero attached hydrogens (tertiary/aromatic N) is 3. The second-order valence-corrected chi connectivity index (χ2v) is 4.70. The van der Waals surface area contributed by atoms with Gasteiger partial charge in [-0.25, -0.2) is 4.68 Å². The van der Waals surface area contributed by atoms with Crippen molar-refractivity contribution in [2.75, 3.05) is 0 Å². The van der Waals surface area contributed by atoms with E-state index in [4.69, 9.17) is 5.26 Å². The standard InChI is InChI=1S/C17H13N3/c1-13-3-2-4-15(9-13)16-11-19-20(12-16)17-7-5-14(10-18)6-8-17/h2-9,11-12H,1H3. The smallest absolute Gasteiger partial charge is 0.0991 e. The van der Waals surface area contributed by atoms with E-state index >= 15 is 0 Å². The van der Waals surface area contributed by atoms with Gasteiger partial charge in [0.2, 0.25) is 0 Å². The van der Waals surface area contributed by atoms with E-state index in [0.29, 0.717) is 5.56 Å². The Kier molecular flexibility index (Phi) is 3.06. The Bertz CT molecular complexity index is 776. The normalized spacial score (nSPS) is 10.2. The Labute approximate surface area is 117 Å². The van der Waals surface area contributed by atoms with Crippen LogP contribution in [0.4, 0.5) is 0 Å². The number of benzene rings is 2. The summed E-state index contributed by atoms with van der Waals surface area (Å²) in [6.07, 6.45) is 3.85. The van der Waals surface area contributed by atoms with E-state index in [9.17, 15) is 0 Å². The summed E-state index contributed by atoms with van der Waals surface area (Å²) in [6.45, 7) is 2.08. The molecule has 0 amide bonds. The van der Waals surface area contributed by atoms with E-state index in [0.717, 1.165) is 16.8 Å². The largest absolute Gasteiger partial charge is 0.240 e. The summed E-state index contributed by atoms with van der Waals surface area (Å²) >= 11 is 0. The van der Waals surface area contributed by atoms with E-state index in [-0.39, 0.29) is 0 Å². The molecule has 20 heavy (non-hydrogen) atoms. The molecule has 0 unspecified atom stereocenters. The second-order valence-electron chi connectivity index (χ2n) is 4.70. The van der Waals surface area contributed by atoms with Crippen LogP contribution in [0.3, 0.4) is 0 Å². The van der Waals surface area contributed by atoms with Gasteiger partial charge in [-0.2, -0.15) is 10.4 Å². The van der Waals surface area contributed by atoms with Crippen molar-refractivity contribution in [3.05, 3.63) is 72.1 Å². The summed E-state index contributed by atoms with van der Waals surface area (Å²) in [5.74, 6) is 0. The molecule has 1 aromatic heterocycles. The summed E-state index contributed by atoms with van der Waals surface area (Å²) < 4.78 is 1.82. The van der Waals surface area contributed by atoms with Crippen molar-refractivity contribution < 1.29 is 0 Å². The molecule has 0 radical (unpaired) electrons. The molecule has 96 valence electrons. The minimum Gasteiger partial charge on any atom is -0.240 e. The molecule has 0 aliphatic heterocycles. The van der Waals surface area contributed by atoms with E-state index < -0.39 is 0 Å². The summed E-state index contributed by atoms with van der Waals surface area (Å²) in [7, 11) is 0. The van der Waals surface area contributed by atoms with Crippen LogP contribution in [0.2, 0.25) is 0 Å². The summed E-state index contributed by atoms with van der Waals surface area (Å²) in [5.41, 5.74) is 5.07. The number of hydrogen-bond acceptors (Lipinski definition) is 2. The summed E-state index contributed by atoms with van der Waals surface area (Å²) in [5, 5.41) is 13.2. The fraction of sp³-hybridized carbons (Fsp3) is 0.0588. The van der Waals surface area contributed by atoms with Crippen molar-refractivity contribution in [3.8, 4) is 22.9 Å². The highest BCUT2D eigenvalue weighted by atomic mass is 15.3. The van der Waals surface area contributed by atoms with Gasteiger partial charge >= 0.3 is 0 Å². The molecule has 0 saturated heterocycles. The van der Waals surface area contributed by atoms with Gasteiger partial charge in [-0.15, -0.1) is 0 Å². The predicted molar refractivity (Wildman–Crippen MR) is 78.5 cm³/mol. The molecule has 0 saturated carbocycles. The van der Waals surface area contributed by atoms with Crippen LogP contribution in [0.15, 0.2) is 60.9 Å². The average molecular weight is 259 g/mol. The lowest BCUT2D eigenvalue weighted by Crippen LogP contribution is -1.93. The maximum absolute atomic E-state index is 8.81. The third-order valence-corrected chi connectivity index (χ3v) is 3.19. The fourth-order valence-electron chi connectivity index (χ4n) is 2.13. The van der Waals surface area contributed by atoms with Gasteiger partial charge in [0.05, 0.1) is 23.5 Å². The summed E-state index contributed by atoms with van der Waals surface area (Å²) in [4.78, 5) is 0. The van der Waals surface area contributed by atoms with Crippen LogP contribution in [-0.4, -0.2) is 9.78 Å². The lowest BCUT2D eigenvalue weighted by atomic mass is 10.1. The molecule has 3 aromatic rings. The first kappa shape index (κ1) is 12.2. The van der Waals surface area contributed by atoms with Crippen molar-refractivity contribution in [2.45, 2.75) is 6.92 Å². The molecule has 0 atom stereocenters. The van der Waals surface area contributed by atoms with Gasteiger partial charge in [0.1, 0.15) is 0 Å². The maximum Gasteiger partial charge on any atom is 0.0991 e. The van der Waals surface area contributed by atoms with Crippen LogP contribution in [-0.2, 0) is 0 Å². The Morgan fingerprint density at radius 1 is 1.05 bits per heavy atom. The zero-order valence-electron chi connectivity index (χ0n) is 11.1. The maximum atomic E-state index is 8.81. The van der Waals surface area contributed by atoms with Gasteiger partial charge in [0.25, 0.3) is 0 Å². The highest BCUT2D eigenvalue weighted by molar-refractivity contribution is 5.63. The first-order chi connectivity index (χ1) is 9.76. The number of nitriles is 1. The van der Waals surface area contributed by atoms with Crippen LogP contribution >= 0.6 is 0 Å². The monoisotopic (exact) mass is 259 g/mol. The van der Waals surface area contributed by atoms with Crippen molar-refractivity contribution in [1.29, 1.82) is 5.26 Å². The van der Waals surface area contributed by atoms with Crippen LogP contribution in [0.25, 0.3) is 16.8 Å². The van der Waals surface area contributed by atoms with Crippen LogP contribution in [0.1, 0.15) is 11.1 Å². The number of aromatic nitrogens is 2. The predicted octanol–water partition coefficient (Wildman–Crippen LogP) is 3.72. The Balaban J connectivity index is 1.95. The highest BCUT2D eigenvalue weighted by Crippen LogP contribution is 2.21. The van der Waals surface area contributed by atoms with E-state index in [1.54, 1.807) is 12.1 Å². The van der Waals surface area contributed by atoms with E-state index in [2.05, 4.69) is 36.3 Å². The van der Waals surface area contributed by atoms with Gasteiger partial charge in [0, 0.05) is 11.8 Å². The minimum absolute atomic E-state index is 0.653. The van der Waals surface area contributed by atoms with E-state index in [1.807, 2.05) is 35.3 Å². The Hall–Kier alpha value is -2.86. The van der Waals surface area contributed by atoms with Crippen LogP contribution < -0.4 is 0 Å². The molecule has 0 aliphatic carbocycles. The van der Waals surface area contributed by atoms with E-state index in [1.165, 1.54) is 5.56 Å². The van der Waals surface area contributed by atoms with Gasteiger partial charge in [-0.05, 0) is 36.8 Å². The minimum atomic E-state index is 0.653. The quantitative estimate of drug-likeness (QED) is 0.703. The van der Waals surface area contributed by atoms with Crippen molar-refractivity contribution in [1.82, 2.24) is 9.78 Å². The SMILES string of the molecule is Cc1cccc(-c2cnn(-c3ccc(C#N)cc3)c2)c1. The third-order valence-electron chi connectivity index (χ3n) is 3.19. The van der Waals surface area contributed by atoms with Gasteiger partial charge in [0.15, 0.2) is 0 Å². The Morgan fingerprint density at radius 2 is 1.85 bits per heavy atom. The van der Waals surface area contributed by atoms with Gasteiger partial charge in [-0.3, -0.25) is 0 Å². The number of rotatable bonds is 2.